The number of ether oxygens (including phenoxy) is 1. The molecule has 2 rings (SSSR count). The molecule has 1 N–H and O–H groups in total. The van der Waals surface area contributed by atoms with E-state index in [1.807, 2.05) is 30.3 Å². The normalized spacial score (nSPS) is 13.4. The van der Waals surface area contributed by atoms with Crippen LogP contribution in [0.15, 0.2) is 54.6 Å². The number of hydrogen-bond acceptors (Lipinski definition) is 4. The molecule has 0 amide bonds. The van der Waals surface area contributed by atoms with Gasteiger partial charge in [-0.05, 0) is 23.3 Å². The van der Waals surface area contributed by atoms with Crippen molar-refractivity contribution in [3.05, 3.63) is 75.8 Å². The van der Waals surface area contributed by atoms with E-state index in [4.69, 9.17) is 4.74 Å². The van der Waals surface area contributed by atoms with Gasteiger partial charge in [-0.15, -0.1) is 0 Å². The molecule has 2 unspecified atom stereocenters. The molecule has 0 aliphatic rings. The van der Waals surface area contributed by atoms with E-state index in [0.717, 1.165) is 5.56 Å². The number of aliphatic hydroxyl groups is 1. The molecule has 21 heavy (non-hydrogen) atoms. The molecular weight excluding hydrogens is 270 g/mol. The SMILES string of the molecule is CC(C(O)c1ccc(OCc2ccccc2)cc1)[N+](=O)[O-]. The first-order valence-electron chi connectivity index (χ1n) is 6.66. The van der Waals surface area contributed by atoms with E-state index in [2.05, 4.69) is 0 Å². The molecule has 0 fully saturated rings. The quantitative estimate of drug-likeness (QED) is 0.655. The Morgan fingerprint density at radius 3 is 2.33 bits per heavy atom. The van der Waals surface area contributed by atoms with E-state index < -0.39 is 17.1 Å². The lowest BCUT2D eigenvalue weighted by molar-refractivity contribution is -0.531. The van der Waals surface area contributed by atoms with Crippen molar-refractivity contribution in [2.24, 2.45) is 0 Å². The van der Waals surface area contributed by atoms with Gasteiger partial charge in [0.05, 0.1) is 0 Å². The van der Waals surface area contributed by atoms with Gasteiger partial charge < -0.3 is 9.84 Å². The summed E-state index contributed by atoms with van der Waals surface area (Å²) in [5.74, 6) is 0.656. The van der Waals surface area contributed by atoms with Crippen LogP contribution in [0.2, 0.25) is 0 Å². The molecule has 0 saturated heterocycles. The van der Waals surface area contributed by atoms with Crippen LogP contribution in [0.25, 0.3) is 0 Å². The largest absolute Gasteiger partial charge is 0.489 e. The zero-order valence-corrected chi connectivity index (χ0v) is 11.7. The van der Waals surface area contributed by atoms with Crippen molar-refractivity contribution in [2.45, 2.75) is 25.7 Å². The van der Waals surface area contributed by atoms with Gasteiger partial charge in [-0.25, -0.2) is 0 Å². The Kier molecular flexibility index (Phi) is 4.90. The third kappa shape index (κ3) is 4.03. The first-order chi connectivity index (χ1) is 10.1. The number of hydrogen-bond donors (Lipinski definition) is 1. The lowest BCUT2D eigenvalue weighted by Gasteiger charge is -2.13. The monoisotopic (exact) mass is 287 g/mol. The average Bonchev–Trinajstić information content (AvgIpc) is 2.53. The molecule has 0 spiro atoms. The maximum atomic E-state index is 10.7. The van der Waals surface area contributed by atoms with Crippen molar-refractivity contribution in [1.82, 2.24) is 0 Å². The summed E-state index contributed by atoms with van der Waals surface area (Å²) in [5, 5.41) is 20.5. The lowest BCUT2D eigenvalue weighted by Crippen LogP contribution is -2.23. The summed E-state index contributed by atoms with van der Waals surface area (Å²) < 4.78 is 5.62. The van der Waals surface area contributed by atoms with E-state index >= 15 is 0 Å². The minimum atomic E-state index is -1.12. The van der Waals surface area contributed by atoms with Gasteiger partial charge in [0.1, 0.15) is 18.5 Å². The molecule has 0 heterocycles. The summed E-state index contributed by atoms with van der Waals surface area (Å²) in [5.41, 5.74) is 1.56. The van der Waals surface area contributed by atoms with Gasteiger partial charge in [0.25, 0.3) is 0 Å². The van der Waals surface area contributed by atoms with E-state index in [1.165, 1.54) is 6.92 Å². The molecule has 0 aromatic heterocycles. The standard InChI is InChI=1S/C16H17NO4/c1-12(17(19)20)16(18)14-7-9-15(10-8-14)21-11-13-5-3-2-4-6-13/h2-10,12,16,18H,11H2,1H3. The molecule has 2 aromatic rings. The van der Waals surface area contributed by atoms with E-state index in [-0.39, 0.29) is 0 Å². The van der Waals surface area contributed by atoms with Gasteiger partial charge in [-0.3, -0.25) is 10.1 Å². The van der Waals surface area contributed by atoms with Crippen molar-refractivity contribution < 1.29 is 14.8 Å². The molecule has 0 bridgehead atoms. The van der Waals surface area contributed by atoms with Gasteiger partial charge in [0.2, 0.25) is 6.04 Å². The number of nitrogens with zero attached hydrogens (tertiary/aromatic N) is 1. The van der Waals surface area contributed by atoms with Crippen LogP contribution < -0.4 is 4.74 Å². The fourth-order valence-electron chi connectivity index (χ4n) is 1.90. The number of benzene rings is 2. The van der Waals surface area contributed by atoms with Crippen LogP contribution >= 0.6 is 0 Å². The van der Waals surface area contributed by atoms with Crippen LogP contribution in [-0.2, 0) is 6.61 Å². The smallest absolute Gasteiger partial charge is 0.239 e. The Morgan fingerprint density at radius 2 is 1.76 bits per heavy atom. The number of nitro groups is 1. The zero-order valence-electron chi connectivity index (χ0n) is 11.7. The van der Waals surface area contributed by atoms with Gasteiger partial charge in [-0.2, -0.15) is 0 Å². The molecule has 0 aliphatic carbocycles. The predicted octanol–water partition coefficient (Wildman–Crippen LogP) is 2.96. The molecule has 0 radical (unpaired) electrons. The van der Waals surface area contributed by atoms with Crippen LogP contribution in [0, 0.1) is 10.1 Å². The maximum Gasteiger partial charge on any atom is 0.239 e. The Bertz CT molecular complexity index is 583. The van der Waals surface area contributed by atoms with Gasteiger partial charge >= 0.3 is 0 Å². The molecule has 0 aliphatic heterocycles. The molecule has 2 aromatic carbocycles. The van der Waals surface area contributed by atoms with Crippen molar-refractivity contribution in [2.75, 3.05) is 0 Å². The van der Waals surface area contributed by atoms with Crippen molar-refractivity contribution >= 4 is 0 Å². The summed E-state index contributed by atoms with van der Waals surface area (Å²) in [6.45, 7) is 1.83. The molecule has 5 nitrogen and oxygen atoms in total. The van der Waals surface area contributed by atoms with Crippen LogP contribution in [0.1, 0.15) is 24.2 Å². The summed E-state index contributed by atoms with van der Waals surface area (Å²) in [6, 6.07) is 15.4. The number of aliphatic hydroxyl groups excluding tert-OH is 1. The first kappa shape index (κ1) is 15.0. The molecule has 2 atom stereocenters. The van der Waals surface area contributed by atoms with Crippen LogP contribution in [0.5, 0.6) is 5.75 Å². The first-order valence-corrected chi connectivity index (χ1v) is 6.66. The highest BCUT2D eigenvalue weighted by molar-refractivity contribution is 5.29. The Balaban J connectivity index is 1.97. The van der Waals surface area contributed by atoms with E-state index in [9.17, 15) is 15.2 Å². The second-order valence-corrected chi connectivity index (χ2v) is 4.81. The Hall–Kier alpha value is -2.40. The fraction of sp³-hybridized carbons (Fsp3) is 0.250. The summed E-state index contributed by atoms with van der Waals surface area (Å²) in [4.78, 5) is 10.2. The highest BCUT2D eigenvalue weighted by Crippen LogP contribution is 2.22. The molecule has 110 valence electrons. The molecule has 0 saturated carbocycles. The molecule has 5 heteroatoms. The fourth-order valence-corrected chi connectivity index (χ4v) is 1.90. The second kappa shape index (κ2) is 6.85. The summed E-state index contributed by atoms with van der Waals surface area (Å²) in [6.07, 6.45) is -1.12. The zero-order chi connectivity index (χ0) is 15.2. The Labute approximate surface area is 123 Å². The van der Waals surface area contributed by atoms with Crippen LogP contribution in [0.4, 0.5) is 0 Å². The van der Waals surface area contributed by atoms with Crippen molar-refractivity contribution in [3.63, 3.8) is 0 Å². The minimum Gasteiger partial charge on any atom is -0.489 e. The van der Waals surface area contributed by atoms with Gasteiger partial charge in [0, 0.05) is 11.8 Å². The third-order valence-electron chi connectivity index (χ3n) is 3.26. The van der Waals surface area contributed by atoms with Crippen molar-refractivity contribution in [3.8, 4) is 5.75 Å². The number of rotatable bonds is 6. The molecular formula is C16H17NO4. The third-order valence-corrected chi connectivity index (χ3v) is 3.26. The van der Waals surface area contributed by atoms with E-state index in [1.54, 1.807) is 24.3 Å². The lowest BCUT2D eigenvalue weighted by atomic mass is 10.0. The predicted molar refractivity (Wildman–Crippen MR) is 78.6 cm³/mol. The Morgan fingerprint density at radius 1 is 1.14 bits per heavy atom. The average molecular weight is 287 g/mol. The highest BCUT2D eigenvalue weighted by atomic mass is 16.6. The van der Waals surface area contributed by atoms with Crippen LogP contribution in [-0.4, -0.2) is 16.1 Å². The topological polar surface area (TPSA) is 72.6 Å². The highest BCUT2D eigenvalue weighted by Gasteiger charge is 2.25. The maximum absolute atomic E-state index is 10.7. The second-order valence-electron chi connectivity index (χ2n) is 4.81. The van der Waals surface area contributed by atoms with Crippen molar-refractivity contribution in [1.29, 1.82) is 0 Å². The van der Waals surface area contributed by atoms with Gasteiger partial charge in [-0.1, -0.05) is 42.5 Å². The van der Waals surface area contributed by atoms with Gasteiger partial charge in [0.15, 0.2) is 0 Å². The summed E-state index contributed by atoms with van der Waals surface area (Å²) in [7, 11) is 0. The summed E-state index contributed by atoms with van der Waals surface area (Å²) >= 11 is 0. The van der Waals surface area contributed by atoms with Crippen LogP contribution in [0.3, 0.4) is 0 Å². The minimum absolute atomic E-state index is 0.452. The van der Waals surface area contributed by atoms with E-state index in [0.29, 0.717) is 17.9 Å².